The van der Waals surface area contributed by atoms with Crippen molar-refractivity contribution in [1.29, 1.82) is 0 Å². The Kier molecular flexibility index (Phi) is 7.77. The van der Waals surface area contributed by atoms with Crippen molar-refractivity contribution in [3.05, 3.63) is 59.1 Å². The molecule has 0 aliphatic carbocycles. The molecule has 0 bridgehead atoms. The molecule has 8 heteroatoms. The van der Waals surface area contributed by atoms with Crippen molar-refractivity contribution >= 4 is 33.2 Å². The van der Waals surface area contributed by atoms with Gasteiger partial charge in [-0.1, -0.05) is 48.9 Å². The first-order valence-electron chi connectivity index (χ1n) is 9.67. The van der Waals surface area contributed by atoms with Crippen LogP contribution in [0.1, 0.15) is 32.8 Å². The van der Waals surface area contributed by atoms with Crippen molar-refractivity contribution in [2.75, 3.05) is 17.7 Å². The van der Waals surface area contributed by atoms with E-state index in [-0.39, 0.29) is 18.0 Å². The van der Waals surface area contributed by atoms with Gasteiger partial charge in [-0.05, 0) is 50.5 Å². The highest BCUT2D eigenvalue weighted by Crippen LogP contribution is 2.35. The third-order valence-electron chi connectivity index (χ3n) is 4.66. The second kappa shape index (κ2) is 9.71. The van der Waals surface area contributed by atoms with E-state index < -0.39 is 21.6 Å². The lowest BCUT2D eigenvalue weighted by atomic mass is 9.94. The van der Waals surface area contributed by atoms with Crippen LogP contribution in [0.2, 0.25) is 5.02 Å². The fourth-order valence-electron chi connectivity index (χ4n) is 3.44. The summed E-state index contributed by atoms with van der Waals surface area (Å²) in [6.45, 7) is 5.59. The van der Waals surface area contributed by atoms with Crippen molar-refractivity contribution in [3.8, 4) is 5.75 Å². The third-order valence-corrected chi connectivity index (χ3v) is 6.06. The number of ether oxygens (including phenoxy) is 1. The van der Waals surface area contributed by atoms with Crippen LogP contribution in [-0.2, 0) is 21.2 Å². The fraction of sp³-hybridized carbons (Fsp3) is 0.409. The SMILES string of the molecule is CC[C@H](C(=O)NC(C)(C)Cc1ccccc1)N(c1cc(Cl)ccc1OC)S(C)(=O)=O. The van der Waals surface area contributed by atoms with Gasteiger partial charge in [0.1, 0.15) is 11.8 Å². The van der Waals surface area contributed by atoms with E-state index in [2.05, 4.69) is 5.32 Å². The average Bonchev–Trinajstić information content (AvgIpc) is 2.64. The molecule has 2 rings (SSSR count). The number of rotatable bonds is 9. The van der Waals surface area contributed by atoms with Crippen LogP contribution in [-0.4, -0.2) is 39.3 Å². The molecule has 30 heavy (non-hydrogen) atoms. The second-order valence-electron chi connectivity index (χ2n) is 7.83. The lowest BCUT2D eigenvalue weighted by Crippen LogP contribution is -2.55. The summed E-state index contributed by atoms with van der Waals surface area (Å²) in [6.07, 6.45) is 1.95. The second-order valence-corrected chi connectivity index (χ2v) is 10.1. The maximum Gasteiger partial charge on any atom is 0.244 e. The van der Waals surface area contributed by atoms with Crippen LogP contribution in [0.4, 0.5) is 5.69 Å². The van der Waals surface area contributed by atoms with E-state index >= 15 is 0 Å². The van der Waals surface area contributed by atoms with Crippen molar-refractivity contribution in [2.24, 2.45) is 0 Å². The molecule has 2 aromatic carbocycles. The zero-order valence-electron chi connectivity index (χ0n) is 18.0. The third kappa shape index (κ3) is 6.12. The van der Waals surface area contributed by atoms with Crippen molar-refractivity contribution in [1.82, 2.24) is 5.32 Å². The number of carbonyl (C=O) groups is 1. The Morgan fingerprint density at radius 3 is 2.37 bits per heavy atom. The molecule has 0 fully saturated rings. The smallest absolute Gasteiger partial charge is 0.244 e. The molecule has 0 aliphatic rings. The summed E-state index contributed by atoms with van der Waals surface area (Å²) in [4.78, 5) is 13.2. The number of methoxy groups -OCH3 is 1. The summed E-state index contributed by atoms with van der Waals surface area (Å²) in [7, 11) is -2.36. The van der Waals surface area contributed by atoms with Crippen molar-refractivity contribution in [3.63, 3.8) is 0 Å². The molecular formula is C22H29ClN2O4S. The first kappa shape index (κ1) is 24.0. The number of nitrogens with zero attached hydrogens (tertiary/aromatic N) is 1. The topological polar surface area (TPSA) is 75.7 Å². The van der Waals surface area contributed by atoms with Crippen molar-refractivity contribution in [2.45, 2.75) is 45.2 Å². The first-order valence-corrected chi connectivity index (χ1v) is 11.9. The number of amides is 1. The maximum absolute atomic E-state index is 13.2. The summed E-state index contributed by atoms with van der Waals surface area (Å²) < 4.78 is 31.9. The van der Waals surface area contributed by atoms with Crippen LogP contribution in [0.15, 0.2) is 48.5 Å². The zero-order valence-corrected chi connectivity index (χ0v) is 19.5. The minimum absolute atomic E-state index is 0.232. The van der Waals surface area contributed by atoms with E-state index in [9.17, 15) is 13.2 Å². The number of halogens is 1. The molecule has 164 valence electrons. The Morgan fingerprint density at radius 1 is 1.20 bits per heavy atom. The lowest BCUT2D eigenvalue weighted by Gasteiger charge is -2.34. The highest BCUT2D eigenvalue weighted by atomic mass is 35.5. The number of nitrogens with one attached hydrogen (secondary N) is 1. The van der Waals surface area contributed by atoms with Gasteiger partial charge in [-0.3, -0.25) is 9.10 Å². The monoisotopic (exact) mass is 452 g/mol. The highest BCUT2D eigenvalue weighted by Gasteiger charge is 2.35. The predicted molar refractivity (Wildman–Crippen MR) is 122 cm³/mol. The van der Waals surface area contributed by atoms with E-state index in [1.165, 1.54) is 13.2 Å². The normalized spacial score (nSPS) is 12.9. The minimum Gasteiger partial charge on any atom is -0.495 e. The summed E-state index contributed by atoms with van der Waals surface area (Å²) in [5, 5.41) is 3.36. The Morgan fingerprint density at radius 2 is 1.83 bits per heavy atom. The van der Waals surface area contributed by atoms with Gasteiger partial charge in [0, 0.05) is 10.6 Å². The van der Waals surface area contributed by atoms with Crippen LogP contribution in [0.25, 0.3) is 0 Å². The van der Waals surface area contributed by atoms with Crippen LogP contribution >= 0.6 is 11.6 Å². The van der Waals surface area contributed by atoms with Crippen molar-refractivity contribution < 1.29 is 17.9 Å². The van der Waals surface area contributed by atoms with E-state index in [0.717, 1.165) is 16.1 Å². The van der Waals surface area contributed by atoms with Gasteiger partial charge in [0.2, 0.25) is 15.9 Å². The van der Waals surface area contributed by atoms with Gasteiger partial charge in [-0.15, -0.1) is 0 Å². The van der Waals surface area contributed by atoms with Gasteiger partial charge >= 0.3 is 0 Å². The summed E-state index contributed by atoms with van der Waals surface area (Å²) in [5.74, 6) is -0.0643. The minimum atomic E-state index is -3.80. The summed E-state index contributed by atoms with van der Waals surface area (Å²) >= 11 is 6.11. The Balaban J connectivity index is 2.38. The van der Waals surface area contributed by atoms with E-state index in [4.69, 9.17) is 16.3 Å². The quantitative estimate of drug-likeness (QED) is 0.623. The Labute approximate surface area is 184 Å². The standard InChI is InChI=1S/C22H29ClN2O4S/c1-6-18(21(26)24-22(2,3)15-16-10-8-7-9-11-16)25(30(5,27)28)19-14-17(23)12-13-20(19)29-4/h7-14,18H,6,15H2,1-5H3,(H,24,26)/t18-/m1/s1. The Bertz CT molecular complexity index is 978. The van der Waals surface area contributed by atoms with Crippen LogP contribution < -0.4 is 14.4 Å². The molecule has 1 atom stereocenters. The lowest BCUT2D eigenvalue weighted by molar-refractivity contribution is -0.123. The molecular weight excluding hydrogens is 424 g/mol. The Hall–Kier alpha value is -2.25. The largest absolute Gasteiger partial charge is 0.495 e. The molecule has 6 nitrogen and oxygen atoms in total. The molecule has 1 amide bonds. The average molecular weight is 453 g/mol. The number of hydrogen-bond acceptors (Lipinski definition) is 4. The summed E-state index contributed by atoms with van der Waals surface area (Å²) in [6, 6.07) is 13.5. The number of sulfonamides is 1. The van der Waals surface area contributed by atoms with Gasteiger partial charge in [-0.25, -0.2) is 8.42 Å². The highest BCUT2D eigenvalue weighted by molar-refractivity contribution is 7.92. The fourth-order valence-corrected chi connectivity index (χ4v) is 4.81. The van der Waals surface area contributed by atoms with Gasteiger partial charge < -0.3 is 10.1 Å². The molecule has 1 N–H and O–H groups in total. The zero-order chi connectivity index (χ0) is 22.5. The van der Waals surface area contributed by atoms with E-state index in [1.807, 2.05) is 44.2 Å². The molecule has 0 aliphatic heterocycles. The number of anilines is 1. The maximum atomic E-state index is 13.2. The molecule has 0 radical (unpaired) electrons. The molecule has 0 saturated carbocycles. The van der Waals surface area contributed by atoms with Gasteiger partial charge in [0.15, 0.2) is 0 Å². The molecule has 0 spiro atoms. The molecule has 0 aromatic heterocycles. The van der Waals surface area contributed by atoms with Crippen LogP contribution in [0.3, 0.4) is 0 Å². The molecule has 0 unspecified atom stereocenters. The van der Waals surface area contributed by atoms with Gasteiger partial charge in [0.05, 0.1) is 19.1 Å². The van der Waals surface area contributed by atoms with E-state index in [1.54, 1.807) is 19.1 Å². The number of benzene rings is 2. The van der Waals surface area contributed by atoms with Crippen LogP contribution in [0.5, 0.6) is 5.75 Å². The van der Waals surface area contributed by atoms with E-state index in [0.29, 0.717) is 17.2 Å². The summed E-state index contributed by atoms with van der Waals surface area (Å²) in [5.41, 5.74) is 0.732. The van der Waals surface area contributed by atoms with Crippen LogP contribution in [0, 0.1) is 0 Å². The van der Waals surface area contributed by atoms with Gasteiger partial charge in [0.25, 0.3) is 0 Å². The first-order chi connectivity index (χ1) is 14.0. The number of hydrogen-bond donors (Lipinski definition) is 1. The molecule has 2 aromatic rings. The predicted octanol–water partition coefficient (Wildman–Crippen LogP) is 4.03. The molecule has 0 saturated heterocycles. The number of carbonyl (C=O) groups excluding carboxylic acids is 1. The molecule has 0 heterocycles. The van der Waals surface area contributed by atoms with Gasteiger partial charge in [-0.2, -0.15) is 0 Å².